The number of nitrogens with zero attached hydrogens (tertiary/aromatic N) is 2. The zero-order chi connectivity index (χ0) is 17.8. The third-order valence-electron chi connectivity index (χ3n) is 5.99. The van der Waals surface area contributed by atoms with E-state index >= 15 is 0 Å². The zero-order valence-corrected chi connectivity index (χ0v) is 15.5. The summed E-state index contributed by atoms with van der Waals surface area (Å²) in [5.41, 5.74) is 0.919. The topological polar surface area (TPSA) is 45.5 Å². The minimum Gasteiger partial charge on any atom is -0.349 e. The first-order valence-corrected chi connectivity index (χ1v) is 9.58. The second-order valence-corrected chi connectivity index (χ2v) is 7.56. The fourth-order valence-corrected chi connectivity index (χ4v) is 4.03. The standard InChI is InChI=1S/C21H30N2O2/c1-3-4-14-23(2)20(17-22)10-12-21(13-11-20)24-15-19(16-25-21)18-8-6-5-7-9-18/h5-9,19H,3-4,10-16H2,1-2H3. The molecule has 0 N–H and O–H groups in total. The van der Waals surface area contributed by atoms with E-state index in [1.807, 2.05) is 6.07 Å². The van der Waals surface area contributed by atoms with Crippen LogP contribution >= 0.6 is 0 Å². The summed E-state index contributed by atoms with van der Waals surface area (Å²) in [7, 11) is 2.09. The Balaban J connectivity index is 1.58. The van der Waals surface area contributed by atoms with Gasteiger partial charge in [-0.2, -0.15) is 5.26 Å². The summed E-state index contributed by atoms with van der Waals surface area (Å²) in [5, 5.41) is 9.82. The Morgan fingerprint density at radius 3 is 2.32 bits per heavy atom. The van der Waals surface area contributed by atoms with Crippen molar-refractivity contribution in [3.05, 3.63) is 35.9 Å². The lowest BCUT2D eigenvalue weighted by Crippen LogP contribution is -2.55. The molecule has 0 aromatic heterocycles. The Kier molecular flexibility index (Phi) is 5.78. The molecule has 0 radical (unpaired) electrons. The van der Waals surface area contributed by atoms with Crippen molar-refractivity contribution in [3.63, 3.8) is 0 Å². The summed E-state index contributed by atoms with van der Waals surface area (Å²) in [6, 6.07) is 13.0. The van der Waals surface area contributed by atoms with E-state index in [2.05, 4.69) is 49.2 Å². The maximum absolute atomic E-state index is 9.82. The number of hydrogen-bond donors (Lipinski definition) is 0. The Bertz CT molecular complexity index is 578. The van der Waals surface area contributed by atoms with Gasteiger partial charge in [0, 0.05) is 18.8 Å². The first kappa shape index (κ1) is 18.4. The van der Waals surface area contributed by atoms with Crippen LogP contribution in [0.25, 0.3) is 0 Å². The van der Waals surface area contributed by atoms with E-state index in [9.17, 15) is 5.26 Å². The molecule has 1 aromatic carbocycles. The molecule has 25 heavy (non-hydrogen) atoms. The SMILES string of the molecule is CCCCN(C)C1(C#N)CCC2(CC1)OCC(c1ccccc1)CO2. The van der Waals surface area contributed by atoms with Crippen LogP contribution in [-0.2, 0) is 9.47 Å². The van der Waals surface area contributed by atoms with Crippen LogP contribution in [0.3, 0.4) is 0 Å². The molecule has 1 saturated carbocycles. The second-order valence-electron chi connectivity index (χ2n) is 7.56. The van der Waals surface area contributed by atoms with E-state index in [0.717, 1.165) is 45.1 Å². The van der Waals surface area contributed by atoms with Gasteiger partial charge in [-0.15, -0.1) is 0 Å². The highest BCUT2D eigenvalue weighted by Crippen LogP contribution is 2.43. The Hall–Kier alpha value is -1.41. The molecule has 0 amide bonds. The van der Waals surface area contributed by atoms with Gasteiger partial charge >= 0.3 is 0 Å². The zero-order valence-electron chi connectivity index (χ0n) is 15.5. The van der Waals surface area contributed by atoms with Gasteiger partial charge in [0.15, 0.2) is 5.79 Å². The third-order valence-corrected chi connectivity index (χ3v) is 5.99. The molecule has 3 rings (SSSR count). The fraction of sp³-hybridized carbons (Fsp3) is 0.667. The molecule has 136 valence electrons. The Labute approximate surface area is 151 Å². The molecular formula is C21H30N2O2. The molecule has 1 aliphatic carbocycles. The number of rotatable bonds is 5. The van der Waals surface area contributed by atoms with Crippen LogP contribution in [0.5, 0.6) is 0 Å². The lowest BCUT2D eigenvalue weighted by Gasteiger charge is -2.48. The van der Waals surface area contributed by atoms with Crippen molar-refractivity contribution >= 4 is 0 Å². The summed E-state index contributed by atoms with van der Waals surface area (Å²) in [4.78, 5) is 2.25. The number of unbranched alkanes of at least 4 members (excludes halogenated alkanes) is 1. The van der Waals surface area contributed by atoms with Crippen LogP contribution in [0.2, 0.25) is 0 Å². The first-order chi connectivity index (χ1) is 12.1. The second kappa shape index (κ2) is 7.86. The van der Waals surface area contributed by atoms with Gasteiger partial charge in [-0.1, -0.05) is 43.7 Å². The number of hydrogen-bond acceptors (Lipinski definition) is 4. The van der Waals surface area contributed by atoms with Crippen LogP contribution in [-0.4, -0.2) is 43.0 Å². The average molecular weight is 342 g/mol. The predicted molar refractivity (Wildman–Crippen MR) is 98.2 cm³/mol. The van der Waals surface area contributed by atoms with Crippen molar-refractivity contribution < 1.29 is 9.47 Å². The van der Waals surface area contributed by atoms with E-state index in [1.165, 1.54) is 5.56 Å². The summed E-state index contributed by atoms with van der Waals surface area (Å²) >= 11 is 0. The van der Waals surface area contributed by atoms with E-state index in [-0.39, 0.29) is 5.54 Å². The quantitative estimate of drug-likeness (QED) is 0.809. The van der Waals surface area contributed by atoms with E-state index in [0.29, 0.717) is 19.1 Å². The molecular weight excluding hydrogens is 312 g/mol. The molecule has 0 atom stereocenters. The van der Waals surface area contributed by atoms with E-state index < -0.39 is 5.79 Å². The molecule has 1 spiro atoms. The maximum atomic E-state index is 9.82. The van der Waals surface area contributed by atoms with Crippen molar-refractivity contribution in [2.45, 2.75) is 62.7 Å². The van der Waals surface area contributed by atoms with Gasteiger partial charge in [0.1, 0.15) is 5.54 Å². The molecule has 2 fully saturated rings. The monoisotopic (exact) mass is 342 g/mol. The van der Waals surface area contributed by atoms with Crippen molar-refractivity contribution in [3.8, 4) is 6.07 Å². The van der Waals surface area contributed by atoms with Gasteiger partial charge < -0.3 is 9.47 Å². The smallest absolute Gasteiger partial charge is 0.168 e. The molecule has 4 nitrogen and oxygen atoms in total. The summed E-state index contributed by atoms with van der Waals surface area (Å²) < 4.78 is 12.4. The predicted octanol–water partition coefficient (Wildman–Crippen LogP) is 4.08. The van der Waals surface area contributed by atoms with Crippen LogP contribution in [0.1, 0.15) is 56.9 Å². The summed E-state index contributed by atoms with van der Waals surface area (Å²) in [6.45, 7) is 4.58. The van der Waals surface area contributed by atoms with Crippen molar-refractivity contribution in [1.82, 2.24) is 4.90 Å². The van der Waals surface area contributed by atoms with Crippen molar-refractivity contribution in [2.75, 3.05) is 26.8 Å². The molecule has 4 heteroatoms. The maximum Gasteiger partial charge on any atom is 0.168 e. The highest BCUT2D eigenvalue weighted by molar-refractivity contribution is 5.20. The molecule has 2 aliphatic rings. The van der Waals surface area contributed by atoms with Gasteiger partial charge in [-0.3, -0.25) is 4.90 Å². The van der Waals surface area contributed by atoms with Crippen LogP contribution < -0.4 is 0 Å². The van der Waals surface area contributed by atoms with Gasteiger partial charge in [-0.25, -0.2) is 0 Å². The Morgan fingerprint density at radius 2 is 1.76 bits per heavy atom. The van der Waals surface area contributed by atoms with Gasteiger partial charge in [0.05, 0.1) is 19.3 Å². The van der Waals surface area contributed by atoms with Gasteiger partial charge in [-0.05, 0) is 38.4 Å². The number of benzene rings is 1. The molecule has 1 aromatic rings. The lowest BCUT2D eigenvalue weighted by molar-refractivity contribution is -0.291. The minimum atomic E-state index is -0.475. The normalized spacial score (nSPS) is 32.6. The van der Waals surface area contributed by atoms with E-state index in [4.69, 9.17) is 9.47 Å². The minimum absolute atomic E-state index is 0.307. The molecule has 1 aliphatic heterocycles. The molecule has 1 saturated heterocycles. The molecule has 0 bridgehead atoms. The average Bonchev–Trinajstić information content (AvgIpc) is 2.68. The largest absolute Gasteiger partial charge is 0.349 e. The third kappa shape index (κ3) is 3.89. The van der Waals surface area contributed by atoms with Crippen molar-refractivity contribution in [2.24, 2.45) is 0 Å². The van der Waals surface area contributed by atoms with Crippen molar-refractivity contribution in [1.29, 1.82) is 5.26 Å². The van der Waals surface area contributed by atoms with Crippen LogP contribution in [0.15, 0.2) is 30.3 Å². The highest BCUT2D eigenvalue weighted by atomic mass is 16.7. The first-order valence-electron chi connectivity index (χ1n) is 9.58. The lowest BCUT2D eigenvalue weighted by atomic mass is 9.78. The number of ether oxygens (including phenoxy) is 2. The van der Waals surface area contributed by atoms with Crippen LogP contribution in [0, 0.1) is 11.3 Å². The Morgan fingerprint density at radius 1 is 1.12 bits per heavy atom. The number of nitriles is 1. The van der Waals surface area contributed by atoms with E-state index in [1.54, 1.807) is 0 Å². The molecule has 0 unspecified atom stereocenters. The molecule has 1 heterocycles. The van der Waals surface area contributed by atoms with Gasteiger partial charge in [0.2, 0.25) is 0 Å². The highest BCUT2D eigenvalue weighted by Gasteiger charge is 2.48. The summed E-state index contributed by atoms with van der Waals surface area (Å²) in [6.07, 6.45) is 5.54. The summed E-state index contributed by atoms with van der Waals surface area (Å²) in [5.74, 6) is -0.168. The fourth-order valence-electron chi connectivity index (χ4n) is 4.03. The van der Waals surface area contributed by atoms with Gasteiger partial charge in [0.25, 0.3) is 0 Å². The van der Waals surface area contributed by atoms with Crippen LogP contribution in [0.4, 0.5) is 0 Å².